The highest BCUT2D eigenvalue weighted by Gasteiger charge is 2.13. The molecule has 0 bridgehead atoms. The standard InChI is InChI=1S/C22H20N6/c1-28(2)13-14-8-17(12-23-11-14)15-5-6-19-18(9-15)21(27-26-19)20-10-16-4-3-7-24-22(16)25-20/h3-12H,13H2,1-2H3,(H,24,25)(H,26,27). The molecule has 0 aliphatic heterocycles. The monoisotopic (exact) mass is 368 g/mol. The van der Waals surface area contributed by atoms with Crippen molar-refractivity contribution in [2.24, 2.45) is 0 Å². The second-order valence-corrected chi connectivity index (χ2v) is 7.28. The van der Waals surface area contributed by atoms with Crippen molar-refractivity contribution in [3.05, 3.63) is 66.6 Å². The largest absolute Gasteiger partial charge is 0.338 e. The highest BCUT2D eigenvalue weighted by atomic mass is 15.1. The van der Waals surface area contributed by atoms with Crippen molar-refractivity contribution in [3.8, 4) is 22.5 Å². The Morgan fingerprint density at radius 2 is 1.93 bits per heavy atom. The Hall–Kier alpha value is -3.51. The molecule has 28 heavy (non-hydrogen) atoms. The molecular formula is C22H20N6. The minimum atomic E-state index is 0.863. The second kappa shape index (κ2) is 6.58. The van der Waals surface area contributed by atoms with E-state index in [4.69, 9.17) is 0 Å². The van der Waals surface area contributed by atoms with Gasteiger partial charge in [-0.25, -0.2) is 4.98 Å². The maximum atomic E-state index is 4.55. The summed E-state index contributed by atoms with van der Waals surface area (Å²) in [5.74, 6) is 0. The summed E-state index contributed by atoms with van der Waals surface area (Å²) in [4.78, 5) is 14.3. The summed E-state index contributed by atoms with van der Waals surface area (Å²) in [7, 11) is 4.12. The lowest BCUT2D eigenvalue weighted by molar-refractivity contribution is 0.402. The quantitative estimate of drug-likeness (QED) is 0.498. The molecule has 6 heteroatoms. The van der Waals surface area contributed by atoms with E-state index in [9.17, 15) is 0 Å². The van der Waals surface area contributed by atoms with Crippen molar-refractivity contribution < 1.29 is 0 Å². The Labute approximate surface area is 162 Å². The van der Waals surface area contributed by atoms with Crippen molar-refractivity contribution in [2.45, 2.75) is 6.54 Å². The number of nitrogens with one attached hydrogen (secondary N) is 2. The van der Waals surface area contributed by atoms with Gasteiger partial charge in [0.25, 0.3) is 0 Å². The molecule has 5 rings (SSSR count). The lowest BCUT2D eigenvalue weighted by Gasteiger charge is -2.10. The molecule has 0 fully saturated rings. The molecule has 4 aromatic heterocycles. The molecule has 2 N–H and O–H groups in total. The minimum Gasteiger partial charge on any atom is -0.338 e. The van der Waals surface area contributed by atoms with Gasteiger partial charge in [0, 0.05) is 41.5 Å². The predicted octanol–water partition coefficient (Wildman–Crippen LogP) is 4.23. The highest BCUT2D eigenvalue weighted by Crippen LogP contribution is 2.31. The van der Waals surface area contributed by atoms with Crippen LogP contribution >= 0.6 is 0 Å². The number of H-pyrrole nitrogens is 2. The van der Waals surface area contributed by atoms with Crippen LogP contribution in [0.3, 0.4) is 0 Å². The number of rotatable bonds is 4. The first-order valence-corrected chi connectivity index (χ1v) is 9.19. The Balaban J connectivity index is 1.60. The Bertz CT molecular complexity index is 1250. The summed E-state index contributed by atoms with van der Waals surface area (Å²) in [5.41, 5.74) is 7.14. The van der Waals surface area contributed by atoms with Gasteiger partial charge in [-0.05, 0) is 61.6 Å². The van der Waals surface area contributed by atoms with Gasteiger partial charge in [-0.3, -0.25) is 10.1 Å². The zero-order chi connectivity index (χ0) is 19.1. The van der Waals surface area contributed by atoms with Crippen LogP contribution in [0, 0.1) is 0 Å². The molecule has 0 amide bonds. The van der Waals surface area contributed by atoms with E-state index in [1.165, 1.54) is 5.56 Å². The van der Waals surface area contributed by atoms with Gasteiger partial charge in [0.1, 0.15) is 11.3 Å². The molecule has 4 heterocycles. The van der Waals surface area contributed by atoms with Gasteiger partial charge in [-0.15, -0.1) is 0 Å². The number of aromatic amines is 2. The summed E-state index contributed by atoms with van der Waals surface area (Å²) in [6.07, 6.45) is 5.62. The Kier molecular flexibility index (Phi) is 3.91. The van der Waals surface area contributed by atoms with E-state index in [0.29, 0.717) is 0 Å². The molecule has 0 aliphatic rings. The summed E-state index contributed by atoms with van der Waals surface area (Å²) < 4.78 is 0. The predicted molar refractivity (Wildman–Crippen MR) is 112 cm³/mol. The minimum absolute atomic E-state index is 0.863. The van der Waals surface area contributed by atoms with Gasteiger partial charge in [-0.1, -0.05) is 6.07 Å². The number of aromatic nitrogens is 5. The van der Waals surface area contributed by atoms with Crippen LogP contribution in [0.4, 0.5) is 0 Å². The molecule has 0 unspecified atom stereocenters. The summed E-state index contributed by atoms with van der Waals surface area (Å²) in [6.45, 7) is 0.863. The first kappa shape index (κ1) is 16.6. The van der Waals surface area contributed by atoms with E-state index >= 15 is 0 Å². The molecule has 0 saturated carbocycles. The number of hydrogen-bond donors (Lipinski definition) is 2. The topological polar surface area (TPSA) is 73.5 Å². The average molecular weight is 368 g/mol. The maximum Gasteiger partial charge on any atom is 0.137 e. The van der Waals surface area contributed by atoms with Crippen LogP contribution in [0.15, 0.2) is 61.1 Å². The van der Waals surface area contributed by atoms with E-state index in [0.717, 1.165) is 51.0 Å². The number of fused-ring (bicyclic) bond motifs is 2. The fraction of sp³-hybridized carbons (Fsp3) is 0.136. The van der Waals surface area contributed by atoms with Crippen LogP contribution in [0.2, 0.25) is 0 Å². The Morgan fingerprint density at radius 1 is 1.00 bits per heavy atom. The van der Waals surface area contributed by atoms with Crippen LogP contribution in [-0.4, -0.2) is 44.1 Å². The average Bonchev–Trinajstić information content (AvgIpc) is 3.30. The van der Waals surface area contributed by atoms with E-state index in [1.54, 1.807) is 6.20 Å². The fourth-order valence-electron chi connectivity index (χ4n) is 3.58. The van der Waals surface area contributed by atoms with Gasteiger partial charge >= 0.3 is 0 Å². The molecule has 1 aromatic carbocycles. The maximum absolute atomic E-state index is 4.55. The number of hydrogen-bond acceptors (Lipinski definition) is 4. The number of nitrogens with zero attached hydrogens (tertiary/aromatic N) is 4. The van der Waals surface area contributed by atoms with Crippen molar-refractivity contribution in [1.29, 1.82) is 0 Å². The molecule has 0 spiro atoms. The van der Waals surface area contributed by atoms with Crippen LogP contribution in [0.5, 0.6) is 0 Å². The first-order valence-electron chi connectivity index (χ1n) is 9.19. The normalized spacial score (nSPS) is 11.7. The summed E-state index contributed by atoms with van der Waals surface area (Å²) >= 11 is 0. The number of pyridine rings is 2. The molecule has 138 valence electrons. The number of benzene rings is 1. The molecule has 5 aromatic rings. The Morgan fingerprint density at radius 3 is 2.79 bits per heavy atom. The third kappa shape index (κ3) is 2.93. The van der Waals surface area contributed by atoms with Gasteiger partial charge in [-0.2, -0.15) is 5.10 Å². The van der Waals surface area contributed by atoms with Crippen molar-refractivity contribution in [3.63, 3.8) is 0 Å². The molecule has 0 saturated heterocycles. The first-order chi connectivity index (χ1) is 13.7. The van der Waals surface area contributed by atoms with Crippen molar-refractivity contribution >= 4 is 21.9 Å². The zero-order valence-corrected chi connectivity index (χ0v) is 15.8. The van der Waals surface area contributed by atoms with Crippen molar-refractivity contribution in [1.82, 2.24) is 30.0 Å². The van der Waals surface area contributed by atoms with E-state index in [2.05, 4.69) is 74.5 Å². The van der Waals surface area contributed by atoms with Crippen LogP contribution in [-0.2, 0) is 6.54 Å². The third-order valence-corrected chi connectivity index (χ3v) is 4.84. The van der Waals surface area contributed by atoms with E-state index < -0.39 is 0 Å². The van der Waals surface area contributed by atoms with Crippen LogP contribution < -0.4 is 0 Å². The molecular weight excluding hydrogens is 348 g/mol. The lowest BCUT2D eigenvalue weighted by atomic mass is 10.0. The van der Waals surface area contributed by atoms with Gasteiger partial charge < -0.3 is 9.88 Å². The van der Waals surface area contributed by atoms with E-state index in [-0.39, 0.29) is 0 Å². The smallest absolute Gasteiger partial charge is 0.137 e. The lowest BCUT2D eigenvalue weighted by Crippen LogP contribution is -2.10. The zero-order valence-electron chi connectivity index (χ0n) is 15.8. The summed E-state index contributed by atoms with van der Waals surface area (Å²) in [5, 5.41) is 9.83. The van der Waals surface area contributed by atoms with Gasteiger partial charge in [0.05, 0.1) is 11.2 Å². The second-order valence-electron chi connectivity index (χ2n) is 7.28. The SMILES string of the molecule is CN(C)Cc1cncc(-c2ccc3[nH]nc(-c4cc5cccnc5[nH]4)c3c2)c1. The molecule has 0 radical (unpaired) electrons. The molecule has 6 nitrogen and oxygen atoms in total. The van der Waals surface area contributed by atoms with Crippen molar-refractivity contribution in [2.75, 3.05) is 14.1 Å². The summed E-state index contributed by atoms with van der Waals surface area (Å²) in [6, 6.07) is 14.6. The van der Waals surface area contributed by atoms with Gasteiger partial charge in [0.15, 0.2) is 0 Å². The third-order valence-electron chi connectivity index (χ3n) is 4.84. The van der Waals surface area contributed by atoms with Crippen LogP contribution in [0.25, 0.3) is 44.5 Å². The fourth-order valence-corrected chi connectivity index (χ4v) is 3.58. The molecule has 0 atom stereocenters. The van der Waals surface area contributed by atoms with Crippen LogP contribution in [0.1, 0.15) is 5.56 Å². The van der Waals surface area contributed by atoms with Gasteiger partial charge in [0.2, 0.25) is 0 Å². The molecule has 0 aliphatic carbocycles. The highest BCUT2D eigenvalue weighted by molar-refractivity contribution is 5.97. The van der Waals surface area contributed by atoms with E-state index in [1.807, 2.05) is 24.5 Å².